The summed E-state index contributed by atoms with van der Waals surface area (Å²) in [7, 11) is -3.86. The van der Waals surface area contributed by atoms with Crippen molar-refractivity contribution in [3.8, 4) is 0 Å². The molecule has 0 atom stereocenters. The minimum Gasteiger partial charge on any atom is -0.348 e. The van der Waals surface area contributed by atoms with Gasteiger partial charge in [0.15, 0.2) is 0 Å². The van der Waals surface area contributed by atoms with Gasteiger partial charge in [0.1, 0.15) is 0 Å². The molecule has 1 aromatic carbocycles. The summed E-state index contributed by atoms with van der Waals surface area (Å²) in [5.74, 6) is -1.08. The predicted octanol–water partition coefficient (Wildman–Crippen LogP) is 1.67. The number of aryl methyl sites for hydroxylation is 1. The van der Waals surface area contributed by atoms with Gasteiger partial charge in [-0.1, -0.05) is 0 Å². The zero-order valence-electron chi connectivity index (χ0n) is 9.74. The Morgan fingerprint density at radius 2 is 2.06 bits per heavy atom. The van der Waals surface area contributed by atoms with Gasteiger partial charge in [0.05, 0.1) is 4.90 Å². The third kappa shape index (κ3) is 2.21. The molecule has 7 heteroatoms. The van der Waals surface area contributed by atoms with Crippen LogP contribution < -0.4 is 0 Å². The van der Waals surface area contributed by atoms with Crippen LogP contribution in [0.4, 0.5) is 0 Å². The van der Waals surface area contributed by atoms with Gasteiger partial charge in [-0.15, -0.1) is 0 Å². The van der Waals surface area contributed by atoms with Crippen molar-refractivity contribution in [2.24, 2.45) is 0 Å². The summed E-state index contributed by atoms with van der Waals surface area (Å²) in [4.78, 5) is 9.47. The summed E-state index contributed by atoms with van der Waals surface area (Å²) in [6.45, 7) is 2.77. The highest BCUT2D eigenvalue weighted by Crippen LogP contribution is 2.21. The molecule has 18 heavy (non-hydrogen) atoms. The highest BCUT2D eigenvalue weighted by molar-refractivity contribution is 7.91. The van der Waals surface area contributed by atoms with Crippen LogP contribution in [0.15, 0.2) is 35.4 Å². The van der Waals surface area contributed by atoms with Gasteiger partial charge >= 0.3 is 5.88 Å². The average Bonchev–Trinajstić information content (AvgIpc) is 2.69. The molecular weight excluding hydrogens is 256 g/mol. The van der Waals surface area contributed by atoms with Gasteiger partial charge in [-0.05, 0) is 31.2 Å². The summed E-state index contributed by atoms with van der Waals surface area (Å²) in [5, 5.41) is 11.1. The van der Waals surface area contributed by atoms with Crippen LogP contribution in [0.25, 0.3) is 10.9 Å². The molecule has 2 rings (SSSR count). The molecule has 0 radical (unpaired) electrons. The molecule has 0 amide bonds. The standard InChI is InChI=1S/C11H12N2O4S/c1-2-12-6-5-9-7-10(3-4-11(9)12)18(16,17)8-13(14)15/h3-7H,2,8H2,1H3. The zero-order chi connectivity index (χ0) is 13.3. The number of fused-ring (bicyclic) bond motifs is 1. The van der Waals surface area contributed by atoms with Crippen LogP contribution in [0.3, 0.4) is 0 Å². The quantitative estimate of drug-likeness (QED) is 0.623. The summed E-state index contributed by atoms with van der Waals surface area (Å²) in [6, 6.07) is 6.35. The lowest BCUT2D eigenvalue weighted by molar-refractivity contribution is -0.458. The first-order valence-electron chi connectivity index (χ1n) is 5.37. The molecule has 0 saturated heterocycles. The molecule has 1 heterocycles. The second-order valence-electron chi connectivity index (χ2n) is 3.90. The Morgan fingerprint density at radius 3 is 2.67 bits per heavy atom. The van der Waals surface area contributed by atoms with E-state index in [-0.39, 0.29) is 4.90 Å². The predicted molar refractivity (Wildman–Crippen MR) is 66.7 cm³/mol. The lowest BCUT2D eigenvalue weighted by Crippen LogP contribution is -2.14. The van der Waals surface area contributed by atoms with Crippen LogP contribution in [-0.2, 0) is 16.4 Å². The first-order valence-corrected chi connectivity index (χ1v) is 7.02. The van der Waals surface area contributed by atoms with Crippen molar-refractivity contribution < 1.29 is 13.3 Å². The van der Waals surface area contributed by atoms with Crippen LogP contribution >= 0.6 is 0 Å². The van der Waals surface area contributed by atoms with Gasteiger partial charge in [-0.2, -0.15) is 0 Å². The van der Waals surface area contributed by atoms with Crippen LogP contribution in [0.1, 0.15) is 6.92 Å². The van der Waals surface area contributed by atoms with Crippen molar-refractivity contribution in [1.82, 2.24) is 4.57 Å². The zero-order valence-corrected chi connectivity index (χ0v) is 10.6. The summed E-state index contributed by atoms with van der Waals surface area (Å²) >= 11 is 0. The lowest BCUT2D eigenvalue weighted by Gasteiger charge is -2.03. The maximum absolute atomic E-state index is 11.7. The second-order valence-corrected chi connectivity index (χ2v) is 5.86. The Balaban J connectivity index is 2.51. The number of hydrogen-bond acceptors (Lipinski definition) is 4. The minimum absolute atomic E-state index is 0.0134. The van der Waals surface area contributed by atoms with Gasteiger partial charge in [0, 0.05) is 28.6 Å². The number of nitrogens with zero attached hydrogens (tertiary/aromatic N) is 2. The van der Waals surface area contributed by atoms with Gasteiger partial charge in [-0.3, -0.25) is 10.1 Å². The second kappa shape index (κ2) is 4.41. The molecular formula is C11H12N2O4S. The third-order valence-corrected chi connectivity index (χ3v) is 4.24. The first-order chi connectivity index (χ1) is 8.44. The van der Waals surface area contributed by atoms with Crippen LogP contribution in [0.5, 0.6) is 0 Å². The number of aromatic nitrogens is 1. The fourth-order valence-electron chi connectivity index (χ4n) is 1.86. The van der Waals surface area contributed by atoms with E-state index in [4.69, 9.17) is 0 Å². The van der Waals surface area contributed by atoms with Crippen LogP contribution in [-0.4, -0.2) is 23.8 Å². The Morgan fingerprint density at radius 1 is 1.33 bits per heavy atom. The number of rotatable bonds is 4. The van der Waals surface area contributed by atoms with E-state index >= 15 is 0 Å². The molecule has 0 N–H and O–H groups in total. The molecule has 0 aliphatic rings. The van der Waals surface area contributed by atoms with E-state index < -0.39 is 20.6 Å². The number of sulfone groups is 1. The van der Waals surface area contributed by atoms with E-state index in [0.29, 0.717) is 0 Å². The number of nitro groups is 1. The Hall–Kier alpha value is -1.89. The average molecular weight is 268 g/mol. The monoisotopic (exact) mass is 268 g/mol. The maximum Gasteiger partial charge on any atom is 0.305 e. The van der Waals surface area contributed by atoms with Gasteiger partial charge in [0.25, 0.3) is 0 Å². The minimum atomic E-state index is -3.86. The molecule has 0 aliphatic heterocycles. The Kier molecular flexibility index (Phi) is 3.08. The topological polar surface area (TPSA) is 82.2 Å². The fourth-order valence-corrected chi connectivity index (χ4v) is 2.87. The van der Waals surface area contributed by atoms with Crippen LogP contribution in [0.2, 0.25) is 0 Å². The molecule has 0 spiro atoms. The molecule has 0 bridgehead atoms. The van der Waals surface area contributed by atoms with Gasteiger partial charge in [-0.25, -0.2) is 8.42 Å². The van der Waals surface area contributed by atoms with Crippen molar-refractivity contribution in [3.63, 3.8) is 0 Å². The molecule has 0 saturated carbocycles. The van der Waals surface area contributed by atoms with Crippen LogP contribution in [0, 0.1) is 10.1 Å². The SMILES string of the molecule is CCn1ccc2cc(S(=O)(=O)C[N+](=O)[O-])ccc21. The van der Waals surface area contributed by atoms with Crippen molar-refractivity contribution in [3.05, 3.63) is 40.6 Å². The lowest BCUT2D eigenvalue weighted by atomic mass is 10.2. The van der Waals surface area contributed by atoms with E-state index in [1.807, 2.05) is 17.7 Å². The van der Waals surface area contributed by atoms with E-state index in [0.717, 1.165) is 17.4 Å². The molecule has 0 aliphatic carbocycles. The first kappa shape index (κ1) is 12.6. The Labute approximate surface area is 104 Å². The fraction of sp³-hybridized carbons (Fsp3) is 0.273. The summed E-state index contributed by atoms with van der Waals surface area (Å²) in [5.41, 5.74) is 0.914. The maximum atomic E-state index is 11.7. The number of benzene rings is 1. The highest BCUT2D eigenvalue weighted by Gasteiger charge is 2.21. The summed E-state index contributed by atoms with van der Waals surface area (Å²) in [6.07, 6.45) is 1.86. The molecule has 6 nitrogen and oxygen atoms in total. The molecule has 2 aromatic rings. The van der Waals surface area contributed by atoms with Crippen molar-refractivity contribution in [2.45, 2.75) is 18.4 Å². The van der Waals surface area contributed by atoms with Crippen molar-refractivity contribution in [2.75, 3.05) is 5.88 Å². The molecule has 96 valence electrons. The smallest absolute Gasteiger partial charge is 0.305 e. The molecule has 0 unspecified atom stereocenters. The van der Waals surface area contributed by atoms with Crippen molar-refractivity contribution in [1.29, 1.82) is 0 Å². The van der Waals surface area contributed by atoms with Gasteiger partial charge in [0.2, 0.25) is 9.84 Å². The van der Waals surface area contributed by atoms with Crippen molar-refractivity contribution >= 4 is 20.7 Å². The van der Waals surface area contributed by atoms with E-state index in [1.165, 1.54) is 12.1 Å². The molecule has 1 aromatic heterocycles. The van der Waals surface area contributed by atoms with E-state index in [1.54, 1.807) is 12.1 Å². The Bertz CT molecular complexity index is 703. The van der Waals surface area contributed by atoms with Gasteiger partial charge < -0.3 is 4.57 Å². The molecule has 0 fully saturated rings. The number of hydrogen-bond donors (Lipinski definition) is 0. The van der Waals surface area contributed by atoms with E-state index in [9.17, 15) is 18.5 Å². The normalized spacial score (nSPS) is 11.8. The summed E-state index contributed by atoms with van der Waals surface area (Å²) < 4.78 is 25.4. The largest absolute Gasteiger partial charge is 0.348 e. The van der Waals surface area contributed by atoms with E-state index in [2.05, 4.69) is 0 Å². The highest BCUT2D eigenvalue weighted by atomic mass is 32.2. The third-order valence-electron chi connectivity index (χ3n) is 2.72.